The molecule has 0 amide bonds. The van der Waals surface area contributed by atoms with Crippen molar-refractivity contribution in [2.75, 3.05) is 13.2 Å². The van der Waals surface area contributed by atoms with E-state index in [0.717, 1.165) is 26.0 Å². The summed E-state index contributed by atoms with van der Waals surface area (Å²) in [7, 11) is 0. The molecule has 2 unspecified atom stereocenters. The van der Waals surface area contributed by atoms with Gasteiger partial charge in [-0.05, 0) is 33.7 Å². The summed E-state index contributed by atoms with van der Waals surface area (Å²) in [5.74, 6) is 6.03. The van der Waals surface area contributed by atoms with Gasteiger partial charge in [0.2, 0.25) is 0 Å². The molecule has 0 saturated heterocycles. The number of ether oxygens (including phenoxy) is 1. The number of hydrogen-bond donors (Lipinski definition) is 1. The highest BCUT2D eigenvalue weighted by Crippen LogP contribution is 2.03. The largest absolute Gasteiger partial charge is 0.377 e. The highest BCUT2D eigenvalue weighted by Gasteiger charge is 2.14. The molecule has 0 aromatic heterocycles. The first-order chi connectivity index (χ1) is 6.76. The summed E-state index contributed by atoms with van der Waals surface area (Å²) in [4.78, 5) is 0. The van der Waals surface area contributed by atoms with Crippen LogP contribution in [-0.2, 0) is 4.74 Å². The van der Waals surface area contributed by atoms with Gasteiger partial charge in [-0.15, -0.1) is 11.8 Å². The van der Waals surface area contributed by atoms with E-state index in [4.69, 9.17) is 4.74 Å². The highest BCUT2D eigenvalue weighted by atomic mass is 16.5. The first kappa shape index (κ1) is 13.5. The van der Waals surface area contributed by atoms with Crippen molar-refractivity contribution in [2.45, 2.75) is 52.7 Å². The van der Waals surface area contributed by atoms with Gasteiger partial charge in [-0.3, -0.25) is 0 Å². The zero-order chi connectivity index (χ0) is 10.8. The smallest absolute Gasteiger partial charge is 0.0709 e. The van der Waals surface area contributed by atoms with E-state index in [-0.39, 0.29) is 6.10 Å². The Morgan fingerprint density at radius 1 is 1.36 bits per heavy atom. The number of hydrogen-bond acceptors (Lipinski definition) is 2. The minimum absolute atomic E-state index is 0.243. The molecule has 0 aliphatic rings. The second kappa shape index (κ2) is 9.05. The molecule has 82 valence electrons. The molecule has 1 N–H and O–H groups in total. The standard InChI is InChI=1S/C12H23NO/c1-5-8-9-12(13-10-6-2)11(4)14-7-3/h11-13H,6-7,9-10H2,1-4H3. The van der Waals surface area contributed by atoms with Crippen LogP contribution >= 0.6 is 0 Å². The lowest BCUT2D eigenvalue weighted by Crippen LogP contribution is -2.40. The van der Waals surface area contributed by atoms with Crippen LogP contribution in [0.1, 0.15) is 40.5 Å². The van der Waals surface area contributed by atoms with Crippen LogP contribution in [0.15, 0.2) is 0 Å². The van der Waals surface area contributed by atoms with Crippen molar-refractivity contribution < 1.29 is 4.74 Å². The van der Waals surface area contributed by atoms with Gasteiger partial charge in [0.15, 0.2) is 0 Å². The molecule has 0 rings (SSSR count). The topological polar surface area (TPSA) is 21.3 Å². The second-order valence-corrected chi connectivity index (χ2v) is 3.35. The molecule has 0 aromatic rings. The quantitative estimate of drug-likeness (QED) is 0.632. The van der Waals surface area contributed by atoms with Crippen molar-refractivity contribution >= 4 is 0 Å². The van der Waals surface area contributed by atoms with Crippen LogP contribution in [0.4, 0.5) is 0 Å². The third kappa shape index (κ3) is 6.01. The number of rotatable bonds is 7. The van der Waals surface area contributed by atoms with E-state index in [1.165, 1.54) is 0 Å². The Morgan fingerprint density at radius 2 is 2.07 bits per heavy atom. The van der Waals surface area contributed by atoms with Crippen LogP contribution in [0, 0.1) is 11.8 Å². The van der Waals surface area contributed by atoms with Crippen molar-refractivity contribution in [2.24, 2.45) is 0 Å². The molecule has 2 atom stereocenters. The molecular weight excluding hydrogens is 174 g/mol. The van der Waals surface area contributed by atoms with Crippen LogP contribution in [0.5, 0.6) is 0 Å². The molecule has 0 aliphatic carbocycles. The average molecular weight is 197 g/mol. The Kier molecular flexibility index (Phi) is 8.72. The first-order valence-corrected chi connectivity index (χ1v) is 5.50. The van der Waals surface area contributed by atoms with Gasteiger partial charge in [-0.25, -0.2) is 0 Å². The fourth-order valence-electron chi connectivity index (χ4n) is 1.32. The summed E-state index contributed by atoms with van der Waals surface area (Å²) in [6.45, 7) is 9.98. The second-order valence-electron chi connectivity index (χ2n) is 3.35. The maximum absolute atomic E-state index is 5.57. The zero-order valence-corrected chi connectivity index (χ0v) is 9.89. The Hall–Kier alpha value is -0.520. The molecule has 0 heterocycles. The SMILES string of the molecule is CC#CCC(NCCC)C(C)OCC. The normalized spacial score (nSPS) is 14.3. The Bertz CT molecular complexity index is 180. The Morgan fingerprint density at radius 3 is 2.57 bits per heavy atom. The maximum atomic E-state index is 5.57. The van der Waals surface area contributed by atoms with Crippen LogP contribution in [0.25, 0.3) is 0 Å². The van der Waals surface area contributed by atoms with Gasteiger partial charge in [0, 0.05) is 19.1 Å². The van der Waals surface area contributed by atoms with Crippen molar-refractivity contribution in [1.29, 1.82) is 0 Å². The molecule has 0 aromatic carbocycles. The van der Waals surface area contributed by atoms with E-state index in [0.29, 0.717) is 6.04 Å². The van der Waals surface area contributed by atoms with Crippen LogP contribution in [0.3, 0.4) is 0 Å². The molecule has 2 heteroatoms. The fourth-order valence-corrected chi connectivity index (χ4v) is 1.32. The molecule has 2 nitrogen and oxygen atoms in total. The molecule has 0 bridgehead atoms. The van der Waals surface area contributed by atoms with E-state index in [1.54, 1.807) is 0 Å². The van der Waals surface area contributed by atoms with E-state index in [1.807, 2.05) is 13.8 Å². The summed E-state index contributed by atoms with van der Waals surface area (Å²) in [6.07, 6.45) is 2.26. The average Bonchev–Trinajstić information content (AvgIpc) is 2.18. The molecular formula is C12H23NO. The first-order valence-electron chi connectivity index (χ1n) is 5.50. The Balaban J connectivity index is 3.98. The predicted octanol–water partition coefficient (Wildman–Crippen LogP) is 2.19. The minimum atomic E-state index is 0.243. The molecule has 0 spiro atoms. The lowest BCUT2D eigenvalue weighted by molar-refractivity contribution is 0.0489. The molecule has 0 aliphatic heterocycles. The third-order valence-corrected chi connectivity index (χ3v) is 2.15. The van der Waals surface area contributed by atoms with Gasteiger partial charge < -0.3 is 10.1 Å². The van der Waals surface area contributed by atoms with E-state index in [9.17, 15) is 0 Å². The molecule has 0 fully saturated rings. The molecule has 14 heavy (non-hydrogen) atoms. The number of nitrogens with one attached hydrogen (secondary N) is 1. The van der Waals surface area contributed by atoms with E-state index in [2.05, 4.69) is 31.0 Å². The lowest BCUT2D eigenvalue weighted by atomic mass is 10.1. The highest BCUT2D eigenvalue weighted by molar-refractivity contribution is 4.99. The van der Waals surface area contributed by atoms with Gasteiger partial charge >= 0.3 is 0 Å². The van der Waals surface area contributed by atoms with E-state index >= 15 is 0 Å². The van der Waals surface area contributed by atoms with Gasteiger partial charge in [0.25, 0.3) is 0 Å². The lowest BCUT2D eigenvalue weighted by Gasteiger charge is -2.23. The molecule has 0 saturated carbocycles. The van der Waals surface area contributed by atoms with Crippen LogP contribution in [0.2, 0.25) is 0 Å². The van der Waals surface area contributed by atoms with Crippen LogP contribution in [-0.4, -0.2) is 25.3 Å². The summed E-state index contributed by atoms with van der Waals surface area (Å²) < 4.78 is 5.57. The van der Waals surface area contributed by atoms with Crippen molar-refractivity contribution in [1.82, 2.24) is 5.32 Å². The fraction of sp³-hybridized carbons (Fsp3) is 0.833. The predicted molar refractivity (Wildman–Crippen MR) is 61.2 cm³/mol. The molecule has 0 radical (unpaired) electrons. The van der Waals surface area contributed by atoms with Gasteiger partial charge in [-0.1, -0.05) is 6.92 Å². The van der Waals surface area contributed by atoms with Crippen molar-refractivity contribution in [3.05, 3.63) is 0 Å². The van der Waals surface area contributed by atoms with Crippen molar-refractivity contribution in [3.8, 4) is 11.8 Å². The summed E-state index contributed by atoms with van der Waals surface area (Å²) in [5.41, 5.74) is 0. The maximum Gasteiger partial charge on any atom is 0.0709 e. The monoisotopic (exact) mass is 197 g/mol. The van der Waals surface area contributed by atoms with Gasteiger partial charge in [0.1, 0.15) is 0 Å². The summed E-state index contributed by atoms with van der Waals surface area (Å²) in [5, 5.41) is 3.46. The third-order valence-electron chi connectivity index (χ3n) is 2.15. The Labute approximate surface area is 88.4 Å². The summed E-state index contributed by atoms with van der Waals surface area (Å²) in [6, 6.07) is 0.363. The zero-order valence-electron chi connectivity index (χ0n) is 9.89. The summed E-state index contributed by atoms with van der Waals surface area (Å²) >= 11 is 0. The van der Waals surface area contributed by atoms with Crippen LogP contribution < -0.4 is 5.32 Å². The van der Waals surface area contributed by atoms with Gasteiger partial charge in [0.05, 0.1) is 6.10 Å². The van der Waals surface area contributed by atoms with Gasteiger partial charge in [-0.2, -0.15) is 0 Å². The van der Waals surface area contributed by atoms with E-state index < -0.39 is 0 Å². The van der Waals surface area contributed by atoms with Crippen molar-refractivity contribution in [3.63, 3.8) is 0 Å². The minimum Gasteiger partial charge on any atom is -0.377 e.